The number of nitrogens with zero attached hydrogens (tertiary/aromatic N) is 2. The van der Waals surface area contributed by atoms with E-state index in [-0.39, 0.29) is 24.1 Å². The number of benzene rings is 1. The van der Waals surface area contributed by atoms with Crippen LogP contribution in [0.25, 0.3) is 0 Å². The summed E-state index contributed by atoms with van der Waals surface area (Å²) in [6, 6.07) is 7.63. The summed E-state index contributed by atoms with van der Waals surface area (Å²) in [6.45, 7) is 0.570. The van der Waals surface area contributed by atoms with E-state index in [1.54, 1.807) is 0 Å². The number of nitrogens with one attached hydrogen (secondary N) is 1. The highest BCUT2D eigenvalue weighted by atomic mass is 16.5. The third-order valence-electron chi connectivity index (χ3n) is 4.67. The molecule has 0 saturated carbocycles. The van der Waals surface area contributed by atoms with Gasteiger partial charge in [0.05, 0.1) is 24.7 Å². The molecule has 1 aliphatic carbocycles. The molecule has 1 aromatic carbocycles. The van der Waals surface area contributed by atoms with Crippen molar-refractivity contribution in [1.29, 1.82) is 0 Å². The highest BCUT2D eigenvalue weighted by Crippen LogP contribution is 2.31. The molecule has 1 aromatic heterocycles. The summed E-state index contributed by atoms with van der Waals surface area (Å²) in [6.07, 6.45) is 4.80. The first-order valence-electron chi connectivity index (χ1n) is 8.30. The van der Waals surface area contributed by atoms with Crippen LogP contribution in [0.5, 0.6) is 5.75 Å². The van der Waals surface area contributed by atoms with Crippen LogP contribution in [0.2, 0.25) is 0 Å². The lowest BCUT2D eigenvalue weighted by Gasteiger charge is -2.26. The van der Waals surface area contributed by atoms with Crippen molar-refractivity contribution in [2.75, 3.05) is 6.61 Å². The lowest BCUT2D eigenvalue weighted by molar-refractivity contribution is -0.122. The molecule has 0 radical (unpaired) electrons. The molecule has 1 amide bonds. The van der Waals surface area contributed by atoms with Crippen LogP contribution in [-0.2, 0) is 24.2 Å². The molecule has 0 bridgehead atoms. The number of rotatable bonds is 3. The standard InChI is InChI=1S/C18H19N3O3/c22-17(10-21-11-19-14-6-3-5-13(14)18(21)23)20-15-8-9-24-16-7-2-1-4-12(15)16/h1-2,4,7,11,15H,3,5-6,8-10H2,(H,20,22). The van der Waals surface area contributed by atoms with Gasteiger partial charge in [0, 0.05) is 17.5 Å². The van der Waals surface area contributed by atoms with E-state index in [1.807, 2.05) is 24.3 Å². The van der Waals surface area contributed by atoms with E-state index in [0.717, 1.165) is 48.3 Å². The molecule has 0 saturated heterocycles. The molecular weight excluding hydrogens is 306 g/mol. The minimum absolute atomic E-state index is 0.00135. The predicted molar refractivity (Wildman–Crippen MR) is 88.0 cm³/mol. The Morgan fingerprint density at radius 2 is 2.21 bits per heavy atom. The molecule has 2 aliphatic rings. The molecule has 0 spiro atoms. The van der Waals surface area contributed by atoms with Crippen LogP contribution in [0.15, 0.2) is 35.4 Å². The molecule has 124 valence electrons. The fourth-order valence-corrected chi connectivity index (χ4v) is 3.47. The SMILES string of the molecule is O=C(Cn1cnc2c(c1=O)CCC2)NC1CCOc2ccccc21. The van der Waals surface area contributed by atoms with Crippen molar-refractivity contribution in [2.45, 2.75) is 38.3 Å². The summed E-state index contributed by atoms with van der Waals surface area (Å²) >= 11 is 0. The Balaban J connectivity index is 1.50. The van der Waals surface area contributed by atoms with Crippen molar-refractivity contribution in [3.8, 4) is 5.75 Å². The first kappa shape index (κ1) is 14.9. The number of carbonyl (C=O) groups excluding carboxylic acids is 1. The quantitative estimate of drug-likeness (QED) is 0.925. The first-order valence-corrected chi connectivity index (χ1v) is 8.30. The molecule has 6 nitrogen and oxygen atoms in total. The maximum Gasteiger partial charge on any atom is 0.257 e. The van der Waals surface area contributed by atoms with Gasteiger partial charge in [-0.05, 0) is 25.3 Å². The van der Waals surface area contributed by atoms with Crippen LogP contribution in [-0.4, -0.2) is 22.1 Å². The highest BCUT2D eigenvalue weighted by molar-refractivity contribution is 5.76. The lowest BCUT2D eigenvalue weighted by atomic mass is 10.0. The van der Waals surface area contributed by atoms with Gasteiger partial charge in [0.2, 0.25) is 5.91 Å². The zero-order valence-electron chi connectivity index (χ0n) is 13.3. The molecule has 2 aromatic rings. The Morgan fingerprint density at radius 3 is 3.12 bits per heavy atom. The van der Waals surface area contributed by atoms with Gasteiger partial charge in [-0.1, -0.05) is 18.2 Å². The molecule has 1 N–H and O–H groups in total. The van der Waals surface area contributed by atoms with E-state index in [2.05, 4.69) is 10.3 Å². The molecule has 24 heavy (non-hydrogen) atoms. The largest absolute Gasteiger partial charge is 0.493 e. The van der Waals surface area contributed by atoms with Crippen LogP contribution in [0, 0.1) is 0 Å². The van der Waals surface area contributed by atoms with Crippen LogP contribution >= 0.6 is 0 Å². The Bertz CT molecular complexity index is 844. The number of aryl methyl sites for hydroxylation is 1. The fraction of sp³-hybridized carbons (Fsp3) is 0.389. The summed E-state index contributed by atoms with van der Waals surface area (Å²) in [5.41, 5.74) is 2.55. The molecule has 0 fully saturated rings. The number of hydrogen-bond donors (Lipinski definition) is 1. The van der Waals surface area contributed by atoms with E-state index in [0.29, 0.717) is 6.61 Å². The fourth-order valence-electron chi connectivity index (χ4n) is 3.47. The summed E-state index contributed by atoms with van der Waals surface area (Å²) in [5.74, 6) is 0.629. The Morgan fingerprint density at radius 1 is 1.33 bits per heavy atom. The zero-order valence-corrected chi connectivity index (χ0v) is 13.3. The number of carbonyl (C=O) groups is 1. The Hall–Kier alpha value is -2.63. The van der Waals surface area contributed by atoms with Gasteiger partial charge >= 0.3 is 0 Å². The molecule has 6 heteroatoms. The number of aromatic nitrogens is 2. The predicted octanol–water partition coefficient (Wildman–Crippen LogP) is 1.37. The van der Waals surface area contributed by atoms with Crippen molar-refractivity contribution in [1.82, 2.24) is 14.9 Å². The van der Waals surface area contributed by atoms with Crippen molar-refractivity contribution in [3.05, 3.63) is 57.8 Å². The second-order valence-electron chi connectivity index (χ2n) is 6.25. The van der Waals surface area contributed by atoms with Gasteiger partial charge in [0.25, 0.3) is 5.56 Å². The smallest absolute Gasteiger partial charge is 0.257 e. The summed E-state index contributed by atoms with van der Waals surface area (Å²) in [4.78, 5) is 29.1. The average molecular weight is 325 g/mol. The van der Waals surface area contributed by atoms with E-state index >= 15 is 0 Å². The van der Waals surface area contributed by atoms with Crippen LogP contribution in [0.3, 0.4) is 0 Å². The highest BCUT2D eigenvalue weighted by Gasteiger charge is 2.23. The lowest BCUT2D eigenvalue weighted by Crippen LogP contribution is -2.37. The summed E-state index contributed by atoms with van der Waals surface area (Å²) < 4.78 is 7.01. The number of ether oxygens (including phenoxy) is 1. The molecule has 1 atom stereocenters. The number of hydrogen-bond acceptors (Lipinski definition) is 4. The summed E-state index contributed by atoms with van der Waals surface area (Å²) in [7, 11) is 0. The van der Waals surface area contributed by atoms with E-state index < -0.39 is 0 Å². The first-order chi connectivity index (χ1) is 11.7. The monoisotopic (exact) mass is 325 g/mol. The average Bonchev–Trinajstić information content (AvgIpc) is 3.07. The second kappa shape index (κ2) is 6.11. The van der Waals surface area contributed by atoms with Crippen LogP contribution < -0.4 is 15.6 Å². The van der Waals surface area contributed by atoms with E-state index in [4.69, 9.17) is 4.74 Å². The van der Waals surface area contributed by atoms with Crippen molar-refractivity contribution in [3.63, 3.8) is 0 Å². The minimum atomic E-state index is -0.182. The van der Waals surface area contributed by atoms with Gasteiger partial charge in [-0.15, -0.1) is 0 Å². The van der Waals surface area contributed by atoms with Gasteiger partial charge in [0.15, 0.2) is 0 Å². The van der Waals surface area contributed by atoms with Crippen molar-refractivity contribution in [2.24, 2.45) is 0 Å². The Kier molecular flexibility index (Phi) is 3.80. The maximum atomic E-state index is 12.4. The third-order valence-corrected chi connectivity index (χ3v) is 4.67. The number of amides is 1. The second-order valence-corrected chi connectivity index (χ2v) is 6.25. The topological polar surface area (TPSA) is 73.2 Å². The van der Waals surface area contributed by atoms with E-state index in [1.165, 1.54) is 10.9 Å². The molecule has 2 heterocycles. The third kappa shape index (κ3) is 2.68. The maximum absolute atomic E-state index is 12.4. The van der Waals surface area contributed by atoms with Crippen molar-refractivity contribution < 1.29 is 9.53 Å². The van der Waals surface area contributed by atoms with Gasteiger partial charge in [-0.2, -0.15) is 0 Å². The van der Waals surface area contributed by atoms with Gasteiger partial charge in [-0.25, -0.2) is 4.98 Å². The molecular formula is C18H19N3O3. The van der Waals surface area contributed by atoms with E-state index in [9.17, 15) is 9.59 Å². The normalized spacial score (nSPS) is 18.4. The molecule has 1 aliphatic heterocycles. The van der Waals surface area contributed by atoms with Gasteiger partial charge in [-0.3, -0.25) is 14.2 Å². The van der Waals surface area contributed by atoms with Crippen LogP contribution in [0.1, 0.15) is 35.7 Å². The number of fused-ring (bicyclic) bond motifs is 2. The van der Waals surface area contributed by atoms with Gasteiger partial charge in [0.1, 0.15) is 12.3 Å². The molecule has 1 unspecified atom stereocenters. The molecule has 4 rings (SSSR count). The minimum Gasteiger partial charge on any atom is -0.493 e. The zero-order chi connectivity index (χ0) is 16.5. The Labute approximate surface area is 139 Å². The van der Waals surface area contributed by atoms with Crippen molar-refractivity contribution >= 4 is 5.91 Å². The summed E-state index contributed by atoms with van der Waals surface area (Å²) in [5, 5.41) is 3.01. The number of para-hydroxylation sites is 1. The van der Waals surface area contributed by atoms with Crippen LogP contribution in [0.4, 0.5) is 0 Å². The van der Waals surface area contributed by atoms with Gasteiger partial charge < -0.3 is 10.1 Å².